The molecule has 0 fully saturated rings. The van der Waals surface area contributed by atoms with Gasteiger partial charge in [-0.25, -0.2) is 0 Å². The molecule has 0 bridgehead atoms. The molecule has 0 aromatic carbocycles. The summed E-state index contributed by atoms with van der Waals surface area (Å²) in [5.74, 6) is 0.846. The van der Waals surface area contributed by atoms with Crippen LogP contribution in [-0.2, 0) is 23.9 Å². The summed E-state index contributed by atoms with van der Waals surface area (Å²) >= 11 is 1.19. The van der Waals surface area contributed by atoms with Crippen molar-refractivity contribution in [2.24, 2.45) is 0 Å². The Morgan fingerprint density at radius 2 is 1.76 bits per heavy atom. The summed E-state index contributed by atoms with van der Waals surface area (Å²) in [6.45, 7) is 6.34. The normalized spacial score (nSPS) is 12.1. The van der Waals surface area contributed by atoms with Gasteiger partial charge in [0.15, 0.2) is 5.12 Å². The average molecular weight is 318 g/mol. The number of ether oxygens (including phenoxy) is 2. The van der Waals surface area contributed by atoms with E-state index in [4.69, 9.17) is 9.47 Å². The first-order chi connectivity index (χ1) is 9.91. The van der Waals surface area contributed by atoms with Gasteiger partial charge in [0.25, 0.3) is 0 Å². The van der Waals surface area contributed by atoms with Crippen molar-refractivity contribution in [3.63, 3.8) is 0 Å². The van der Waals surface area contributed by atoms with Crippen molar-refractivity contribution in [3.05, 3.63) is 0 Å². The third kappa shape index (κ3) is 15.5. The molecule has 0 aliphatic carbocycles. The summed E-state index contributed by atoms with van der Waals surface area (Å²) in [4.78, 5) is 32.9. The number of rotatable bonds is 13. The zero-order valence-corrected chi connectivity index (χ0v) is 14.0. The molecule has 0 saturated heterocycles. The molecule has 21 heavy (non-hydrogen) atoms. The van der Waals surface area contributed by atoms with E-state index in [9.17, 15) is 14.4 Å². The quantitative estimate of drug-likeness (QED) is 0.486. The molecule has 0 amide bonds. The molecule has 0 aliphatic rings. The van der Waals surface area contributed by atoms with Crippen LogP contribution in [0.5, 0.6) is 0 Å². The molecule has 0 N–H and O–H groups in total. The molecular weight excluding hydrogens is 292 g/mol. The van der Waals surface area contributed by atoms with E-state index in [1.807, 2.05) is 6.92 Å². The van der Waals surface area contributed by atoms with Crippen LogP contribution in [0.3, 0.4) is 0 Å². The van der Waals surface area contributed by atoms with Gasteiger partial charge in [0.05, 0.1) is 19.3 Å². The Bertz CT molecular complexity index is 330. The Hall–Kier alpha value is -0.720. The van der Waals surface area contributed by atoms with Crippen molar-refractivity contribution >= 4 is 28.4 Å². The van der Waals surface area contributed by atoms with Gasteiger partial charge < -0.3 is 9.47 Å². The number of hydrogen-bond acceptors (Lipinski definition) is 6. The molecule has 6 heteroatoms. The zero-order valence-electron chi connectivity index (χ0n) is 13.2. The van der Waals surface area contributed by atoms with E-state index in [1.165, 1.54) is 25.6 Å². The standard InChI is InChI=1S/C15H26O5S/c1-12(16)6-9-20-13(2)11-19-8-4-5-15(18)7-10-21-14(3)17/h13H,4-11H2,1-3H3. The van der Waals surface area contributed by atoms with Crippen molar-refractivity contribution in [1.29, 1.82) is 0 Å². The summed E-state index contributed by atoms with van der Waals surface area (Å²) in [5, 5.41) is 0.0462. The number of thioether (sulfide) groups is 1. The summed E-state index contributed by atoms with van der Waals surface area (Å²) in [5.41, 5.74) is 0. The van der Waals surface area contributed by atoms with Gasteiger partial charge >= 0.3 is 0 Å². The summed E-state index contributed by atoms with van der Waals surface area (Å²) in [6.07, 6.45) is 1.99. The van der Waals surface area contributed by atoms with Crippen molar-refractivity contribution in [3.8, 4) is 0 Å². The van der Waals surface area contributed by atoms with Gasteiger partial charge in [0, 0.05) is 38.5 Å². The molecule has 0 aromatic heterocycles. The Morgan fingerprint density at radius 3 is 2.38 bits per heavy atom. The molecule has 0 radical (unpaired) electrons. The number of hydrogen-bond donors (Lipinski definition) is 0. The fraction of sp³-hybridized carbons (Fsp3) is 0.800. The molecule has 122 valence electrons. The van der Waals surface area contributed by atoms with Crippen molar-refractivity contribution < 1.29 is 23.9 Å². The minimum atomic E-state index is -0.0491. The van der Waals surface area contributed by atoms with Crippen molar-refractivity contribution in [2.75, 3.05) is 25.6 Å². The fourth-order valence-electron chi connectivity index (χ4n) is 1.51. The molecule has 0 heterocycles. The van der Waals surface area contributed by atoms with E-state index in [0.717, 1.165) is 0 Å². The third-order valence-corrected chi connectivity index (χ3v) is 3.45. The molecule has 1 atom stereocenters. The fourth-order valence-corrected chi connectivity index (χ4v) is 2.12. The monoisotopic (exact) mass is 318 g/mol. The summed E-state index contributed by atoms with van der Waals surface area (Å²) in [7, 11) is 0. The highest BCUT2D eigenvalue weighted by Gasteiger charge is 2.05. The molecular formula is C15H26O5S. The van der Waals surface area contributed by atoms with E-state index in [-0.39, 0.29) is 22.8 Å². The Kier molecular flexibility index (Phi) is 12.5. The smallest absolute Gasteiger partial charge is 0.185 e. The lowest BCUT2D eigenvalue weighted by Crippen LogP contribution is -2.18. The molecule has 0 spiro atoms. The van der Waals surface area contributed by atoms with E-state index >= 15 is 0 Å². The van der Waals surface area contributed by atoms with Crippen molar-refractivity contribution in [1.82, 2.24) is 0 Å². The number of Topliss-reactive ketones (excluding diaryl/α,β-unsaturated/α-hetero) is 2. The number of ketones is 2. The number of carbonyl (C=O) groups excluding carboxylic acids is 3. The molecule has 0 aliphatic heterocycles. The van der Waals surface area contributed by atoms with Gasteiger partial charge in [-0.15, -0.1) is 0 Å². The second-order valence-electron chi connectivity index (χ2n) is 4.94. The second kappa shape index (κ2) is 13.0. The third-order valence-electron chi connectivity index (χ3n) is 2.64. The SMILES string of the molecule is CC(=O)CCOC(C)COCCCC(=O)CCSC(C)=O. The lowest BCUT2D eigenvalue weighted by atomic mass is 10.2. The van der Waals surface area contributed by atoms with Crippen LogP contribution in [0.15, 0.2) is 0 Å². The van der Waals surface area contributed by atoms with Crippen LogP contribution in [0.1, 0.15) is 46.5 Å². The summed E-state index contributed by atoms with van der Waals surface area (Å²) in [6, 6.07) is 0. The molecule has 5 nitrogen and oxygen atoms in total. The van der Waals surface area contributed by atoms with Crippen LogP contribution < -0.4 is 0 Å². The van der Waals surface area contributed by atoms with Crippen LogP contribution >= 0.6 is 11.8 Å². The van der Waals surface area contributed by atoms with Gasteiger partial charge in [-0.05, 0) is 20.3 Å². The first-order valence-corrected chi connectivity index (χ1v) is 8.24. The zero-order chi connectivity index (χ0) is 16.1. The minimum Gasteiger partial charge on any atom is -0.379 e. The van der Waals surface area contributed by atoms with Crippen LogP contribution in [-0.4, -0.2) is 48.4 Å². The van der Waals surface area contributed by atoms with Gasteiger partial charge in [-0.3, -0.25) is 14.4 Å². The predicted molar refractivity (Wildman–Crippen MR) is 83.5 cm³/mol. The molecule has 0 rings (SSSR count). The Labute approximate surface area is 131 Å². The Morgan fingerprint density at radius 1 is 1.05 bits per heavy atom. The Balaban J connectivity index is 3.39. The van der Waals surface area contributed by atoms with Gasteiger partial charge in [-0.2, -0.15) is 0 Å². The van der Waals surface area contributed by atoms with E-state index in [1.54, 1.807) is 0 Å². The summed E-state index contributed by atoms with van der Waals surface area (Å²) < 4.78 is 10.8. The molecule has 0 aromatic rings. The van der Waals surface area contributed by atoms with E-state index in [0.29, 0.717) is 51.3 Å². The van der Waals surface area contributed by atoms with Crippen LogP contribution in [0.4, 0.5) is 0 Å². The average Bonchev–Trinajstić information content (AvgIpc) is 2.37. The first-order valence-electron chi connectivity index (χ1n) is 7.25. The predicted octanol–water partition coefficient (Wildman–Crippen LogP) is 2.41. The first kappa shape index (κ1) is 20.3. The van der Waals surface area contributed by atoms with Gasteiger partial charge in [0.2, 0.25) is 0 Å². The highest BCUT2D eigenvalue weighted by Crippen LogP contribution is 2.06. The maximum absolute atomic E-state index is 11.5. The maximum atomic E-state index is 11.5. The lowest BCUT2D eigenvalue weighted by Gasteiger charge is -2.12. The second-order valence-corrected chi connectivity index (χ2v) is 6.21. The largest absolute Gasteiger partial charge is 0.379 e. The molecule has 0 saturated carbocycles. The number of carbonyl (C=O) groups is 3. The minimum absolute atomic E-state index is 0.0462. The van der Waals surface area contributed by atoms with Gasteiger partial charge in [-0.1, -0.05) is 11.8 Å². The van der Waals surface area contributed by atoms with Gasteiger partial charge in [0.1, 0.15) is 11.6 Å². The molecule has 1 unspecified atom stereocenters. The van der Waals surface area contributed by atoms with Crippen molar-refractivity contribution in [2.45, 2.75) is 52.6 Å². The highest BCUT2D eigenvalue weighted by molar-refractivity contribution is 8.13. The van der Waals surface area contributed by atoms with Crippen LogP contribution in [0, 0.1) is 0 Å². The van der Waals surface area contributed by atoms with E-state index < -0.39 is 0 Å². The van der Waals surface area contributed by atoms with E-state index in [2.05, 4.69) is 0 Å². The van der Waals surface area contributed by atoms with Crippen LogP contribution in [0.2, 0.25) is 0 Å². The topological polar surface area (TPSA) is 69.7 Å². The lowest BCUT2D eigenvalue weighted by molar-refractivity contribution is -0.119. The highest BCUT2D eigenvalue weighted by atomic mass is 32.2. The maximum Gasteiger partial charge on any atom is 0.185 e. The van der Waals surface area contributed by atoms with Crippen LogP contribution in [0.25, 0.3) is 0 Å².